The predicted octanol–water partition coefficient (Wildman–Crippen LogP) is 2.64. The van der Waals surface area contributed by atoms with E-state index < -0.39 is 0 Å². The first-order valence-electron chi connectivity index (χ1n) is 8.57. The summed E-state index contributed by atoms with van der Waals surface area (Å²) >= 11 is 0. The number of para-hydroxylation sites is 1. The van der Waals surface area contributed by atoms with E-state index in [0.717, 1.165) is 13.1 Å². The van der Waals surface area contributed by atoms with Crippen molar-refractivity contribution in [3.8, 4) is 0 Å². The van der Waals surface area contributed by atoms with E-state index in [2.05, 4.69) is 41.0 Å². The molecule has 0 aromatic heterocycles. The maximum absolute atomic E-state index is 6.30. The second kappa shape index (κ2) is 6.37. The highest BCUT2D eigenvalue weighted by molar-refractivity contribution is 5.60. The molecule has 2 aliphatic rings. The van der Waals surface area contributed by atoms with Crippen molar-refractivity contribution in [2.24, 2.45) is 5.73 Å². The van der Waals surface area contributed by atoms with E-state index in [1.54, 1.807) is 0 Å². The van der Waals surface area contributed by atoms with Crippen molar-refractivity contribution in [2.45, 2.75) is 44.6 Å². The first kappa shape index (κ1) is 14.9. The zero-order valence-corrected chi connectivity index (χ0v) is 13.4. The van der Waals surface area contributed by atoms with Gasteiger partial charge in [-0.15, -0.1) is 0 Å². The van der Waals surface area contributed by atoms with Crippen molar-refractivity contribution >= 4 is 5.69 Å². The van der Waals surface area contributed by atoms with Crippen molar-refractivity contribution in [1.29, 1.82) is 0 Å². The highest BCUT2D eigenvalue weighted by atomic mass is 15.2. The van der Waals surface area contributed by atoms with Gasteiger partial charge in [0.2, 0.25) is 0 Å². The largest absolute Gasteiger partial charge is 0.364 e. The van der Waals surface area contributed by atoms with E-state index in [4.69, 9.17) is 5.73 Å². The highest BCUT2D eigenvalue weighted by Gasteiger charge is 2.39. The molecular weight excluding hydrogens is 258 g/mol. The Morgan fingerprint density at radius 3 is 2.81 bits per heavy atom. The van der Waals surface area contributed by atoms with Crippen molar-refractivity contribution in [1.82, 2.24) is 4.90 Å². The third kappa shape index (κ3) is 2.82. The Labute approximate surface area is 129 Å². The minimum absolute atomic E-state index is 0.176. The average molecular weight is 287 g/mol. The van der Waals surface area contributed by atoms with Crippen molar-refractivity contribution in [3.05, 3.63) is 29.8 Å². The number of benzene rings is 1. The molecule has 3 heteroatoms. The molecule has 0 bridgehead atoms. The summed E-state index contributed by atoms with van der Waals surface area (Å²) in [7, 11) is 0. The summed E-state index contributed by atoms with van der Waals surface area (Å²) in [6.45, 7) is 7.87. The summed E-state index contributed by atoms with van der Waals surface area (Å²) in [5.41, 5.74) is 9.42. The quantitative estimate of drug-likeness (QED) is 0.924. The number of anilines is 1. The van der Waals surface area contributed by atoms with Crippen LogP contribution in [0.1, 0.15) is 38.2 Å². The van der Waals surface area contributed by atoms with E-state index >= 15 is 0 Å². The first-order chi connectivity index (χ1) is 10.3. The summed E-state index contributed by atoms with van der Waals surface area (Å²) in [5, 5.41) is 0. The lowest BCUT2D eigenvalue weighted by Crippen LogP contribution is -2.54. The van der Waals surface area contributed by atoms with Gasteiger partial charge in [-0.25, -0.2) is 0 Å². The van der Waals surface area contributed by atoms with Crippen LogP contribution in [0.5, 0.6) is 0 Å². The Kier molecular flexibility index (Phi) is 4.51. The molecule has 3 nitrogen and oxygen atoms in total. The van der Waals surface area contributed by atoms with Crippen molar-refractivity contribution in [3.63, 3.8) is 0 Å². The Morgan fingerprint density at radius 1 is 1.14 bits per heavy atom. The van der Waals surface area contributed by atoms with Gasteiger partial charge in [-0.3, -0.25) is 0 Å². The third-order valence-corrected chi connectivity index (χ3v) is 5.39. The molecule has 0 aliphatic carbocycles. The molecule has 2 heterocycles. The molecular formula is C18H29N3. The van der Waals surface area contributed by atoms with E-state index in [-0.39, 0.29) is 5.54 Å². The van der Waals surface area contributed by atoms with Gasteiger partial charge in [0.05, 0.1) is 5.54 Å². The van der Waals surface area contributed by atoms with Crippen molar-refractivity contribution in [2.75, 3.05) is 37.6 Å². The van der Waals surface area contributed by atoms with Gasteiger partial charge in [-0.05, 0) is 56.8 Å². The van der Waals surface area contributed by atoms with E-state index in [1.165, 1.54) is 63.0 Å². The number of nitrogens with zero attached hydrogens (tertiary/aromatic N) is 2. The van der Waals surface area contributed by atoms with E-state index in [9.17, 15) is 0 Å². The van der Waals surface area contributed by atoms with Crippen LogP contribution < -0.4 is 10.6 Å². The Morgan fingerprint density at radius 2 is 2.00 bits per heavy atom. The molecule has 0 amide bonds. The zero-order chi connectivity index (χ0) is 14.7. The van der Waals surface area contributed by atoms with Crippen LogP contribution in [0.25, 0.3) is 0 Å². The minimum atomic E-state index is 0.176. The normalized spacial score (nSPS) is 26.7. The lowest BCUT2D eigenvalue weighted by Gasteiger charge is -2.43. The average Bonchev–Trinajstić information content (AvgIpc) is 2.84. The molecule has 1 unspecified atom stereocenters. The summed E-state index contributed by atoms with van der Waals surface area (Å²) in [6, 6.07) is 8.89. The molecule has 116 valence electrons. The molecule has 1 aromatic rings. The van der Waals surface area contributed by atoms with Crippen molar-refractivity contribution < 1.29 is 0 Å². The van der Waals surface area contributed by atoms with Crippen LogP contribution in [0.2, 0.25) is 0 Å². The summed E-state index contributed by atoms with van der Waals surface area (Å²) in [6.07, 6.45) is 6.14. The van der Waals surface area contributed by atoms with Gasteiger partial charge in [-0.2, -0.15) is 0 Å². The molecule has 1 saturated heterocycles. The molecule has 0 radical (unpaired) electrons. The van der Waals surface area contributed by atoms with Gasteiger partial charge in [0, 0.05) is 25.3 Å². The molecule has 1 aromatic carbocycles. The van der Waals surface area contributed by atoms with Crippen LogP contribution in [0.4, 0.5) is 5.69 Å². The Bertz CT molecular complexity index is 473. The molecule has 2 N–H and O–H groups in total. The summed E-state index contributed by atoms with van der Waals surface area (Å²) in [5.74, 6) is 0. The molecule has 21 heavy (non-hydrogen) atoms. The smallest absolute Gasteiger partial charge is 0.0537 e. The fourth-order valence-corrected chi connectivity index (χ4v) is 4.19. The topological polar surface area (TPSA) is 32.5 Å². The van der Waals surface area contributed by atoms with Gasteiger partial charge in [-0.1, -0.05) is 25.1 Å². The number of hydrogen-bond donors (Lipinski definition) is 1. The summed E-state index contributed by atoms with van der Waals surface area (Å²) < 4.78 is 0. The zero-order valence-electron chi connectivity index (χ0n) is 13.4. The maximum Gasteiger partial charge on any atom is 0.0537 e. The Hall–Kier alpha value is -1.06. The van der Waals surface area contributed by atoms with Crippen LogP contribution in [0.15, 0.2) is 24.3 Å². The first-order valence-corrected chi connectivity index (χ1v) is 8.57. The number of hydrogen-bond acceptors (Lipinski definition) is 3. The fourth-order valence-electron chi connectivity index (χ4n) is 4.19. The van der Waals surface area contributed by atoms with E-state index in [1.807, 2.05) is 0 Å². The maximum atomic E-state index is 6.30. The number of likely N-dealkylation sites (tertiary alicyclic amines) is 1. The van der Waals surface area contributed by atoms with Crippen LogP contribution in [-0.4, -0.2) is 43.2 Å². The molecule has 0 spiro atoms. The van der Waals surface area contributed by atoms with Crippen LogP contribution in [-0.2, 0) is 6.42 Å². The van der Waals surface area contributed by atoms with Gasteiger partial charge in [0.25, 0.3) is 0 Å². The van der Waals surface area contributed by atoms with Crippen LogP contribution in [0.3, 0.4) is 0 Å². The van der Waals surface area contributed by atoms with E-state index in [0.29, 0.717) is 0 Å². The van der Waals surface area contributed by atoms with Gasteiger partial charge in [0.15, 0.2) is 0 Å². The second-order valence-corrected chi connectivity index (χ2v) is 6.65. The molecule has 1 atom stereocenters. The highest BCUT2D eigenvalue weighted by Crippen LogP contribution is 2.38. The monoisotopic (exact) mass is 287 g/mol. The Balaban J connectivity index is 1.81. The second-order valence-electron chi connectivity index (χ2n) is 6.65. The molecule has 1 fully saturated rings. The lowest BCUT2D eigenvalue weighted by molar-refractivity contribution is 0.274. The molecule has 3 rings (SSSR count). The van der Waals surface area contributed by atoms with Gasteiger partial charge >= 0.3 is 0 Å². The standard InChI is InChI=1S/C18H29N3/c1-2-11-20-12-5-9-18(15-19,10-14-20)21-13-8-16-6-3-4-7-17(16)21/h3-4,6-7H,2,5,8-15,19H2,1H3. The lowest BCUT2D eigenvalue weighted by atomic mass is 9.88. The van der Waals surface area contributed by atoms with Crippen LogP contribution >= 0.6 is 0 Å². The molecule has 2 aliphatic heterocycles. The third-order valence-electron chi connectivity index (χ3n) is 5.39. The molecule has 0 saturated carbocycles. The predicted molar refractivity (Wildman–Crippen MR) is 89.9 cm³/mol. The van der Waals surface area contributed by atoms with Gasteiger partial charge in [0.1, 0.15) is 0 Å². The number of nitrogens with two attached hydrogens (primary N) is 1. The van der Waals surface area contributed by atoms with Crippen LogP contribution in [0, 0.1) is 0 Å². The number of fused-ring (bicyclic) bond motifs is 1. The number of rotatable bonds is 4. The van der Waals surface area contributed by atoms with Gasteiger partial charge < -0.3 is 15.5 Å². The fraction of sp³-hybridized carbons (Fsp3) is 0.667. The minimum Gasteiger partial charge on any atom is -0.364 e. The summed E-state index contributed by atoms with van der Waals surface area (Å²) in [4.78, 5) is 5.26. The SMILES string of the molecule is CCCN1CCCC(CN)(N2CCc3ccccc32)CC1.